The summed E-state index contributed by atoms with van der Waals surface area (Å²) in [6.07, 6.45) is 5.92. The molecule has 0 aromatic heterocycles. The minimum Gasteiger partial charge on any atom is -0.289 e. The van der Waals surface area contributed by atoms with Crippen LogP contribution in [0.2, 0.25) is 5.02 Å². The highest BCUT2D eigenvalue weighted by molar-refractivity contribution is 6.31. The monoisotopic (exact) mass is 327 g/mol. The number of rotatable bonds is 5. The average molecular weight is 328 g/mol. The van der Waals surface area contributed by atoms with E-state index in [2.05, 4.69) is 0 Å². The van der Waals surface area contributed by atoms with E-state index in [-0.39, 0.29) is 5.78 Å². The van der Waals surface area contributed by atoms with Crippen molar-refractivity contribution in [3.05, 3.63) is 82.4 Å². The Morgan fingerprint density at radius 3 is 2.26 bits per heavy atom. The lowest BCUT2D eigenvalue weighted by Gasteiger charge is -1.98. The van der Waals surface area contributed by atoms with Crippen LogP contribution in [0.5, 0.6) is 0 Å². The number of nitrogens with one attached hydrogen (secondary N) is 1. The zero-order valence-corrected chi connectivity index (χ0v) is 12.8. The molecule has 0 heterocycles. The maximum absolute atomic E-state index is 12.1. The van der Waals surface area contributed by atoms with Crippen molar-refractivity contribution in [1.29, 1.82) is 0 Å². The summed E-state index contributed by atoms with van der Waals surface area (Å²) in [6.45, 7) is 0. The van der Waals surface area contributed by atoms with Crippen molar-refractivity contribution in [3.8, 4) is 0 Å². The van der Waals surface area contributed by atoms with Gasteiger partial charge < -0.3 is 0 Å². The first kappa shape index (κ1) is 16.7. The van der Waals surface area contributed by atoms with Crippen molar-refractivity contribution >= 4 is 35.4 Å². The molecule has 0 saturated heterocycles. The number of carbonyl (C=O) groups excluding carboxylic acids is 2. The summed E-state index contributed by atoms with van der Waals surface area (Å²) in [4.78, 5) is 23.0. The molecule has 0 saturated carbocycles. The highest BCUT2D eigenvalue weighted by Crippen LogP contribution is 2.13. The lowest BCUT2D eigenvalue weighted by molar-refractivity contribution is -0.124. The quantitative estimate of drug-likeness (QED) is 0.380. The molecule has 0 atom stereocenters. The Balaban J connectivity index is 2.12. The van der Waals surface area contributed by atoms with Crippen LogP contribution in [-0.4, -0.2) is 16.9 Å². The number of hydrogen-bond donors (Lipinski definition) is 2. The molecule has 1 amide bonds. The summed E-state index contributed by atoms with van der Waals surface area (Å²) >= 11 is 5.86. The number of benzene rings is 2. The van der Waals surface area contributed by atoms with Gasteiger partial charge in [0.2, 0.25) is 0 Å². The number of hydroxylamine groups is 1. The van der Waals surface area contributed by atoms with Crippen molar-refractivity contribution in [2.45, 2.75) is 0 Å². The Morgan fingerprint density at radius 1 is 0.957 bits per heavy atom. The molecule has 116 valence electrons. The van der Waals surface area contributed by atoms with Gasteiger partial charge in [0.1, 0.15) is 0 Å². The molecule has 2 rings (SSSR count). The lowest BCUT2D eigenvalue weighted by atomic mass is 10.1. The van der Waals surface area contributed by atoms with Crippen LogP contribution >= 0.6 is 11.6 Å². The van der Waals surface area contributed by atoms with Crippen LogP contribution < -0.4 is 5.48 Å². The Morgan fingerprint density at radius 2 is 1.61 bits per heavy atom. The molecule has 0 unspecified atom stereocenters. The number of amides is 1. The van der Waals surface area contributed by atoms with Crippen molar-refractivity contribution in [3.63, 3.8) is 0 Å². The van der Waals surface area contributed by atoms with E-state index >= 15 is 0 Å². The van der Waals surface area contributed by atoms with E-state index in [9.17, 15) is 9.59 Å². The summed E-state index contributed by atoms with van der Waals surface area (Å²) in [6, 6.07) is 14.0. The minimum absolute atomic E-state index is 0.145. The van der Waals surface area contributed by atoms with E-state index in [1.54, 1.807) is 48.6 Å². The van der Waals surface area contributed by atoms with E-state index < -0.39 is 5.91 Å². The molecular formula is C18H14ClNO3. The van der Waals surface area contributed by atoms with Gasteiger partial charge in [0.15, 0.2) is 5.78 Å². The Bertz CT molecular complexity index is 781. The molecule has 2 aromatic rings. The molecule has 0 aliphatic rings. The maximum Gasteiger partial charge on any atom is 0.267 e. The van der Waals surface area contributed by atoms with Gasteiger partial charge in [0.05, 0.1) is 0 Å². The van der Waals surface area contributed by atoms with Gasteiger partial charge in [0.25, 0.3) is 5.91 Å². The lowest BCUT2D eigenvalue weighted by Crippen LogP contribution is -2.14. The first-order valence-electron chi connectivity index (χ1n) is 6.78. The van der Waals surface area contributed by atoms with Crippen LogP contribution in [0.1, 0.15) is 21.5 Å². The summed E-state index contributed by atoms with van der Waals surface area (Å²) in [5.74, 6) is -0.754. The van der Waals surface area contributed by atoms with Crippen molar-refractivity contribution in [2.24, 2.45) is 0 Å². The normalized spacial score (nSPS) is 11.0. The van der Waals surface area contributed by atoms with Gasteiger partial charge in [0, 0.05) is 16.7 Å². The molecule has 0 spiro atoms. The molecule has 23 heavy (non-hydrogen) atoms. The third kappa shape index (κ3) is 5.21. The highest BCUT2D eigenvalue weighted by Gasteiger charge is 2.02. The van der Waals surface area contributed by atoms with Gasteiger partial charge in [-0.25, -0.2) is 5.48 Å². The summed E-state index contributed by atoms with van der Waals surface area (Å²) in [5.41, 5.74) is 3.62. The summed E-state index contributed by atoms with van der Waals surface area (Å²) in [5, 5.41) is 8.94. The molecule has 0 aliphatic carbocycles. The number of carbonyl (C=O) groups is 2. The third-order valence-corrected chi connectivity index (χ3v) is 3.22. The number of ketones is 1. The minimum atomic E-state index is -0.609. The van der Waals surface area contributed by atoms with E-state index in [0.717, 1.165) is 11.1 Å². The summed E-state index contributed by atoms with van der Waals surface area (Å²) in [7, 11) is 0. The fraction of sp³-hybridized carbons (Fsp3) is 0. The first-order valence-corrected chi connectivity index (χ1v) is 7.16. The van der Waals surface area contributed by atoms with Gasteiger partial charge in [-0.2, -0.15) is 0 Å². The van der Waals surface area contributed by atoms with Gasteiger partial charge in [-0.15, -0.1) is 0 Å². The fourth-order valence-electron chi connectivity index (χ4n) is 1.89. The fourth-order valence-corrected chi connectivity index (χ4v) is 2.08. The zero-order chi connectivity index (χ0) is 16.7. The van der Waals surface area contributed by atoms with Crippen LogP contribution in [0.4, 0.5) is 0 Å². The first-order chi connectivity index (χ1) is 11.1. The van der Waals surface area contributed by atoms with Crippen molar-refractivity contribution in [2.75, 3.05) is 0 Å². The van der Waals surface area contributed by atoms with Crippen LogP contribution in [0.25, 0.3) is 12.2 Å². The molecule has 2 N–H and O–H groups in total. The largest absolute Gasteiger partial charge is 0.289 e. The standard InChI is InChI=1S/C18H14ClNO3/c19-16-6-2-5-15(12-16)17(21)9-7-13-3-1-4-14(11-13)8-10-18(22)20-23/h1-12,23H,(H,20,22)/b9-7+,10-8+. The molecule has 2 aromatic carbocycles. The molecule has 0 fully saturated rings. The van der Waals surface area contributed by atoms with Gasteiger partial charge in [-0.1, -0.05) is 48.0 Å². The second-order valence-electron chi connectivity index (χ2n) is 4.69. The van der Waals surface area contributed by atoms with Gasteiger partial charge >= 0.3 is 0 Å². The topological polar surface area (TPSA) is 66.4 Å². The van der Waals surface area contributed by atoms with Gasteiger partial charge in [-0.3, -0.25) is 14.8 Å². The predicted molar refractivity (Wildman–Crippen MR) is 90.2 cm³/mol. The van der Waals surface area contributed by atoms with Crippen LogP contribution in [0.15, 0.2) is 60.7 Å². The molecule has 0 aliphatic heterocycles. The maximum atomic E-state index is 12.1. The number of hydrogen-bond acceptors (Lipinski definition) is 3. The van der Waals surface area contributed by atoms with E-state index in [0.29, 0.717) is 10.6 Å². The van der Waals surface area contributed by atoms with Crippen LogP contribution in [0.3, 0.4) is 0 Å². The summed E-state index contributed by atoms with van der Waals surface area (Å²) < 4.78 is 0. The van der Waals surface area contributed by atoms with Crippen molar-refractivity contribution in [1.82, 2.24) is 5.48 Å². The van der Waals surface area contributed by atoms with Crippen LogP contribution in [-0.2, 0) is 4.79 Å². The van der Waals surface area contributed by atoms with Crippen LogP contribution in [0, 0.1) is 0 Å². The second-order valence-corrected chi connectivity index (χ2v) is 5.12. The SMILES string of the molecule is O=C(/C=C/c1cccc(/C=C/C(=O)c2cccc(Cl)c2)c1)NO. The molecular weight excluding hydrogens is 314 g/mol. The molecule has 5 heteroatoms. The Hall–Kier alpha value is -2.69. The third-order valence-electron chi connectivity index (χ3n) is 2.98. The number of allylic oxidation sites excluding steroid dienone is 1. The van der Waals surface area contributed by atoms with Gasteiger partial charge in [-0.05, 0) is 41.5 Å². The van der Waals surface area contributed by atoms with Crippen molar-refractivity contribution < 1.29 is 14.8 Å². The smallest absolute Gasteiger partial charge is 0.267 e. The van der Waals surface area contributed by atoms with E-state index in [1.165, 1.54) is 17.6 Å². The highest BCUT2D eigenvalue weighted by atomic mass is 35.5. The van der Waals surface area contributed by atoms with E-state index in [4.69, 9.17) is 16.8 Å². The average Bonchev–Trinajstić information content (AvgIpc) is 2.58. The second kappa shape index (κ2) is 8.08. The Labute approximate surface area is 138 Å². The Kier molecular flexibility index (Phi) is 5.86. The molecule has 0 bridgehead atoms. The zero-order valence-electron chi connectivity index (χ0n) is 12.1. The predicted octanol–water partition coefficient (Wildman–Crippen LogP) is 3.75. The van der Waals surface area contributed by atoms with E-state index in [1.807, 2.05) is 12.1 Å². The molecule has 4 nitrogen and oxygen atoms in total. The number of halogens is 1. The molecule has 0 radical (unpaired) electrons.